The van der Waals surface area contributed by atoms with Crippen LogP contribution in [0.1, 0.15) is 32.6 Å². The molecule has 4 nitrogen and oxygen atoms in total. The van der Waals surface area contributed by atoms with Crippen molar-refractivity contribution >= 4 is 5.91 Å². The van der Waals surface area contributed by atoms with Gasteiger partial charge in [0.25, 0.3) is 0 Å². The minimum absolute atomic E-state index is 0.254. The maximum Gasteiger partial charge on any atom is 0.223 e. The van der Waals surface area contributed by atoms with Crippen molar-refractivity contribution in [1.29, 1.82) is 0 Å². The minimum Gasteiger partial charge on any atom is -0.340 e. The van der Waals surface area contributed by atoms with Crippen LogP contribution in [-0.2, 0) is 4.79 Å². The van der Waals surface area contributed by atoms with Crippen LogP contribution in [0.2, 0.25) is 0 Å². The molecule has 1 heterocycles. The fourth-order valence-electron chi connectivity index (χ4n) is 2.83. The zero-order valence-corrected chi connectivity index (χ0v) is 10.1. The third-order valence-electron chi connectivity index (χ3n) is 3.88. The van der Waals surface area contributed by atoms with E-state index in [9.17, 15) is 4.79 Å². The number of nitrogens with two attached hydrogens (primary N) is 1. The third-order valence-corrected chi connectivity index (χ3v) is 3.88. The summed E-state index contributed by atoms with van der Waals surface area (Å²) >= 11 is 0. The highest BCUT2D eigenvalue weighted by Gasteiger charge is 2.29. The molecule has 16 heavy (non-hydrogen) atoms. The summed E-state index contributed by atoms with van der Waals surface area (Å²) in [5.41, 5.74) is 6.00. The molecule has 1 aliphatic heterocycles. The predicted octanol–water partition coefficient (Wildman–Crippen LogP) is 0.324. The molecule has 1 saturated heterocycles. The molecule has 1 saturated carbocycles. The SMILES string of the molecule is C[C@@H]1CN(C(=O)C[C@@H]2CCC[C@H]2N)CCN1. The van der Waals surface area contributed by atoms with Crippen molar-refractivity contribution in [2.24, 2.45) is 11.7 Å². The van der Waals surface area contributed by atoms with Crippen molar-refractivity contribution in [1.82, 2.24) is 10.2 Å². The summed E-state index contributed by atoms with van der Waals surface area (Å²) in [6.07, 6.45) is 4.08. The quantitative estimate of drug-likeness (QED) is 0.712. The maximum atomic E-state index is 12.1. The lowest BCUT2D eigenvalue weighted by Gasteiger charge is -2.33. The van der Waals surface area contributed by atoms with Crippen LogP contribution in [0.15, 0.2) is 0 Å². The van der Waals surface area contributed by atoms with Crippen LogP contribution >= 0.6 is 0 Å². The lowest BCUT2D eigenvalue weighted by Crippen LogP contribution is -2.51. The number of nitrogens with one attached hydrogen (secondary N) is 1. The van der Waals surface area contributed by atoms with Crippen LogP contribution in [0.4, 0.5) is 0 Å². The van der Waals surface area contributed by atoms with Gasteiger partial charge in [-0.2, -0.15) is 0 Å². The summed E-state index contributed by atoms with van der Waals surface area (Å²) in [6.45, 7) is 4.75. The van der Waals surface area contributed by atoms with Gasteiger partial charge in [-0.25, -0.2) is 0 Å². The Bertz CT molecular complexity index is 257. The maximum absolute atomic E-state index is 12.1. The van der Waals surface area contributed by atoms with Crippen LogP contribution in [0.5, 0.6) is 0 Å². The molecule has 1 aliphatic carbocycles. The summed E-state index contributed by atoms with van der Waals surface area (Å²) in [7, 11) is 0. The monoisotopic (exact) mass is 225 g/mol. The van der Waals surface area contributed by atoms with Gasteiger partial charge in [-0.3, -0.25) is 4.79 Å². The molecule has 0 spiro atoms. The number of nitrogens with zero attached hydrogens (tertiary/aromatic N) is 1. The predicted molar refractivity (Wildman–Crippen MR) is 64.0 cm³/mol. The van der Waals surface area contributed by atoms with Gasteiger partial charge in [0, 0.05) is 38.1 Å². The molecule has 3 N–H and O–H groups in total. The molecule has 4 heteroatoms. The van der Waals surface area contributed by atoms with E-state index in [4.69, 9.17) is 5.73 Å². The van der Waals surface area contributed by atoms with E-state index in [-0.39, 0.29) is 6.04 Å². The van der Waals surface area contributed by atoms with Crippen molar-refractivity contribution in [3.8, 4) is 0 Å². The molecule has 1 amide bonds. The molecule has 0 bridgehead atoms. The number of rotatable bonds is 2. The standard InChI is InChI=1S/C12H23N3O/c1-9-8-15(6-5-14-9)12(16)7-10-3-2-4-11(10)13/h9-11,14H,2-8,13H2,1H3/t9-,10+,11-/m1/s1. The van der Waals surface area contributed by atoms with E-state index in [2.05, 4.69) is 12.2 Å². The highest BCUT2D eigenvalue weighted by atomic mass is 16.2. The van der Waals surface area contributed by atoms with E-state index in [0.717, 1.165) is 32.5 Å². The Labute approximate surface area is 97.6 Å². The number of hydrogen-bond donors (Lipinski definition) is 2. The Morgan fingerprint density at radius 3 is 2.94 bits per heavy atom. The lowest BCUT2D eigenvalue weighted by molar-refractivity contribution is -0.133. The van der Waals surface area contributed by atoms with Gasteiger partial charge in [-0.05, 0) is 25.7 Å². The summed E-state index contributed by atoms with van der Waals surface area (Å²) < 4.78 is 0. The Hall–Kier alpha value is -0.610. The number of piperazine rings is 1. The Morgan fingerprint density at radius 1 is 1.50 bits per heavy atom. The molecule has 92 valence electrons. The normalized spacial score (nSPS) is 35.4. The molecule has 0 aromatic carbocycles. The Kier molecular flexibility index (Phi) is 3.82. The van der Waals surface area contributed by atoms with Crippen LogP contribution in [-0.4, -0.2) is 42.5 Å². The Balaban J connectivity index is 1.82. The van der Waals surface area contributed by atoms with Crippen LogP contribution in [0.25, 0.3) is 0 Å². The van der Waals surface area contributed by atoms with Gasteiger partial charge in [0.05, 0.1) is 0 Å². The fourth-order valence-corrected chi connectivity index (χ4v) is 2.83. The van der Waals surface area contributed by atoms with E-state index in [1.165, 1.54) is 6.42 Å². The molecular formula is C12H23N3O. The van der Waals surface area contributed by atoms with E-state index in [1.54, 1.807) is 0 Å². The second-order valence-electron chi connectivity index (χ2n) is 5.25. The molecule has 0 unspecified atom stereocenters. The third kappa shape index (κ3) is 2.74. The highest BCUT2D eigenvalue weighted by Crippen LogP contribution is 2.27. The summed E-state index contributed by atoms with van der Waals surface area (Å²) in [4.78, 5) is 14.1. The van der Waals surface area contributed by atoms with E-state index >= 15 is 0 Å². The van der Waals surface area contributed by atoms with Crippen LogP contribution < -0.4 is 11.1 Å². The highest BCUT2D eigenvalue weighted by molar-refractivity contribution is 5.76. The smallest absolute Gasteiger partial charge is 0.223 e. The first-order chi connectivity index (χ1) is 7.66. The second kappa shape index (κ2) is 5.15. The fraction of sp³-hybridized carbons (Fsp3) is 0.917. The minimum atomic E-state index is 0.254. The number of carbonyl (C=O) groups is 1. The first-order valence-corrected chi connectivity index (χ1v) is 6.43. The van der Waals surface area contributed by atoms with Crippen molar-refractivity contribution in [2.45, 2.75) is 44.7 Å². The topological polar surface area (TPSA) is 58.4 Å². The molecule has 2 aliphatic rings. The van der Waals surface area contributed by atoms with Gasteiger partial charge in [0.15, 0.2) is 0 Å². The van der Waals surface area contributed by atoms with Crippen molar-refractivity contribution in [3.63, 3.8) is 0 Å². The van der Waals surface area contributed by atoms with Crippen molar-refractivity contribution in [3.05, 3.63) is 0 Å². The molecular weight excluding hydrogens is 202 g/mol. The van der Waals surface area contributed by atoms with Gasteiger partial charge in [-0.15, -0.1) is 0 Å². The summed E-state index contributed by atoms with van der Waals surface area (Å²) in [5, 5.41) is 3.35. The first kappa shape index (κ1) is 11.9. The second-order valence-corrected chi connectivity index (χ2v) is 5.25. The first-order valence-electron chi connectivity index (χ1n) is 6.43. The summed E-state index contributed by atoms with van der Waals surface area (Å²) in [5.74, 6) is 0.730. The molecule has 3 atom stereocenters. The van der Waals surface area contributed by atoms with Crippen molar-refractivity contribution < 1.29 is 4.79 Å². The van der Waals surface area contributed by atoms with E-state index in [0.29, 0.717) is 24.3 Å². The Morgan fingerprint density at radius 2 is 2.31 bits per heavy atom. The van der Waals surface area contributed by atoms with Crippen LogP contribution in [0.3, 0.4) is 0 Å². The lowest BCUT2D eigenvalue weighted by atomic mass is 9.99. The molecule has 2 rings (SSSR count). The zero-order valence-electron chi connectivity index (χ0n) is 10.1. The van der Waals surface area contributed by atoms with Gasteiger partial charge < -0.3 is 16.0 Å². The van der Waals surface area contributed by atoms with Gasteiger partial charge in [0.1, 0.15) is 0 Å². The summed E-state index contributed by atoms with van der Waals surface area (Å²) in [6, 6.07) is 0.680. The van der Waals surface area contributed by atoms with Gasteiger partial charge in [0.2, 0.25) is 5.91 Å². The molecule has 2 fully saturated rings. The number of carbonyl (C=O) groups excluding carboxylic acids is 1. The largest absolute Gasteiger partial charge is 0.340 e. The van der Waals surface area contributed by atoms with Crippen molar-refractivity contribution in [2.75, 3.05) is 19.6 Å². The zero-order chi connectivity index (χ0) is 11.5. The average molecular weight is 225 g/mol. The molecule has 0 aromatic rings. The van der Waals surface area contributed by atoms with E-state index in [1.807, 2.05) is 4.90 Å². The average Bonchev–Trinajstić information content (AvgIpc) is 2.64. The van der Waals surface area contributed by atoms with Crippen LogP contribution in [0, 0.1) is 5.92 Å². The molecule has 0 radical (unpaired) electrons. The number of amides is 1. The van der Waals surface area contributed by atoms with Gasteiger partial charge >= 0.3 is 0 Å². The van der Waals surface area contributed by atoms with E-state index < -0.39 is 0 Å². The number of hydrogen-bond acceptors (Lipinski definition) is 3. The molecule has 0 aromatic heterocycles. The van der Waals surface area contributed by atoms with Gasteiger partial charge in [-0.1, -0.05) is 6.42 Å².